The number of nitrogens with one attached hydrogen (secondary N) is 2. The minimum atomic E-state index is -5.08. The number of benzene rings is 2. The number of aliphatic carboxylic acids is 1. The molecule has 1 fully saturated rings. The largest absolute Gasteiger partial charge is 0.490 e. The van der Waals surface area contributed by atoms with Gasteiger partial charge in [-0.1, -0.05) is 66.4 Å². The van der Waals surface area contributed by atoms with Gasteiger partial charge in [0.1, 0.15) is 0 Å². The van der Waals surface area contributed by atoms with E-state index in [2.05, 4.69) is 68.0 Å². The molecule has 3 N–H and O–H groups in total. The molecule has 1 aliphatic heterocycles. The maximum absolute atomic E-state index is 12.5. The van der Waals surface area contributed by atoms with Gasteiger partial charge in [0, 0.05) is 55.2 Å². The van der Waals surface area contributed by atoms with Crippen LogP contribution in [0.4, 0.5) is 13.2 Å². The van der Waals surface area contributed by atoms with E-state index < -0.39 is 12.1 Å². The van der Waals surface area contributed by atoms with Gasteiger partial charge in [-0.05, 0) is 49.4 Å². The molecule has 3 heterocycles. The van der Waals surface area contributed by atoms with Gasteiger partial charge in [-0.3, -0.25) is 14.5 Å². The lowest BCUT2D eigenvalue weighted by Crippen LogP contribution is -2.42. The topological polar surface area (TPSA) is 137 Å². The lowest BCUT2D eigenvalue weighted by Gasteiger charge is -2.31. The standard InChI is InChI=1S/C31H34N6O2S.C2HF3O2/c1-21(38)32-14-15-33-30(39)25-12-16-37(17-13-25)20-22-8-10-24(11-9-22)28-27(23-6-4-3-5-7-23)18-26-19-34-31(40-2)36-29(26)35-28;3-2(4,5)1(6)7/h3-11,18-19,25H,12-17,20H2,1-2H3,(H,32,38)(H,33,39);(H,6,7). The third-order valence-corrected chi connectivity index (χ3v) is 8.01. The Hall–Kier alpha value is -4.56. The lowest BCUT2D eigenvalue weighted by atomic mass is 9.95. The smallest absolute Gasteiger partial charge is 0.475 e. The van der Waals surface area contributed by atoms with Crippen LogP contribution in [-0.4, -0.2) is 81.4 Å². The van der Waals surface area contributed by atoms with E-state index in [0.717, 1.165) is 60.2 Å². The number of hydrogen-bond donors (Lipinski definition) is 3. The van der Waals surface area contributed by atoms with Crippen LogP contribution in [-0.2, 0) is 20.9 Å². The molecular formula is C33H35F3N6O4S. The SMILES string of the molecule is CSc1ncc2cc(-c3ccccc3)c(-c3ccc(CN4CCC(C(=O)NCCNC(C)=O)CC4)cc3)nc2n1.O=C(O)C(F)(F)F. The van der Waals surface area contributed by atoms with Crippen molar-refractivity contribution in [1.29, 1.82) is 0 Å². The number of halogens is 3. The Bertz CT molecular complexity index is 1680. The molecule has 0 aliphatic carbocycles. The summed E-state index contributed by atoms with van der Waals surface area (Å²) in [4.78, 5) is 48.8. The molecule has 2 aromatic heterocycles. The number of carboxylic acids is 1. The van der Waals surface area contributed by atoms with E-state index in [1.165, 1.54) is 24.2 Å². The van der Waals surface area contributed by atoms with Crippen molar-refractivity contribution < 1.29 is 32.7 Å². The summed E-state index contributed by atoms with van der Waals surface area (Å²) in [5.74, 6) is -2.73. The highest BCUT2D eigenvalue weighted by atomic mass is 32.2. The third-order valence-electron chi connectivity index (χ3n) is 7.45. The first-order valence-corrected chi connectivity index (χ1v) is 16.1. The van der Waals surface area contributed by atoms with E-state index in [4.69, 9.17) is 14.9 Å². The molecule has 2 amide bonds. The first-order valence-electron chi connectivity index (χ1n) is 14.9. The monoisotopic (exact) mass is 668 g/mol. The van der Waals surface area contributed by atoms with Crippen molar-refractivity contribution in [3.63, 3.8) is 0 Å². The number of piperidine rings is 1. The predicted molar refractivity (Wildman–Crippen MR) is 173 cm³/mol. The molecule has 5 rings (SSSR count). The molecule has 0 bridgehead atoms. The lowest BCUT2D eigenvalue weighted by molar-refractivity contribution is -0.192. The van der Waals surface area contributed by atoms with Gasteiger partial charge in [-0.15, -0.1) is 0 Å². The fraction of sp³-hybridized carbons (Fsp3) is 0.333. The second kappa shape index (κ2) is 16.3. The summed E-state index contributed by atoms with van der Waals surface area (Å²) in [5, 5.41) is 14.4. The highest BCUT2D eigenvalue weighted by molar-refractivity contribution is 7.98. The average molecular weight is 669 g/mol. The summed E-state index contributed by atoms with van der Waals surface area (Å²) in [6.45, 7) is 5.02. The van der Waals surface area contributed by atoms with E-state index in [1.54, 1.807) is 0 Å². The number of alkyl halides is 3. The van der Waals surface area contributed by atoms with Crippen molar-refractivity contribution in [1.82, 2.24) is 30.5 Å². The fourth-order valence-corrected chi connectivity index (χ4v) is 5.39. The van der Waals surface area contributed by atoms with Crippen LogP contribution in [0.25, 0.3) is 33.4 Å². The van der Waals surface area contributed by atoms with Crippen molar-refractivity contribution in [3.8, 4) is 22.4 Å². The van der Waals surface area contributed by atoms with Crippen LogP contribution in [0.5, 0.6) is 0 Å². The van der Waals surface area contributed by atoms with Crippen molar-refractivity contribution >= 4 is 40.6 Å². The van der Waals surface area contributed by atoms with Gasteiger partial charge in [0.05, 0.1) is 5.69 Å². The van der Waals surface area contributed by atoms with Crippen molar-refractivity contribution in [2.24, 2.45) is 5.92 Å². The van der Waals surface area contributed by atoms with Crippen molar-refractivity contribution in [2.45, 2.75) is 37.6 Å². The Labute approximate surface area is 274 Å². The summed E-state index contributed by atoms with van der Waals surface area (Å²) >= 11 is 1.51. The zero-order chi connectivity index (χ0) is 34.0. The summed E-state index contributed by atoms with van der Waals surface area (Å²) in [7, 11) is 0. The summed E-state index contributed by atoms with van der Waals surface area (Å²) < 4.78 is 31.7. The van der Waals surface area contributed by atoms with Crippen LogP contribution < -0.4 is 10.6 Å². The number of pyridine rings is 1. The summed E-state index contributed by atoms with van der Waals surface area (Å²) in [6, 6.07) is 21.1. The van der Waals surface area contributed by atoms with Gasteiger partial charge in [0.25, 0.3) is 0 Å². The van der Waals surface area contributed by atoms with Crippen molar-refractivity contribution in [2.75, 3.05) is 32.4 Å². The Morgan fingerprint density at radius 1 is 0.957 bits per heavy atom. The molecule has 10 nitrogen and oxygen atoms in total. The van der Waals surface area contributed by atoms with Gasteiger partial charge >= 0.3 is 12.1 Å². The fourth-order valence-electron chi connectivity index (χ4n) is 5.05. The van der Waals surface area contributed by atoms with Crippen molar-refractivity contribution in [3.05, 3.63) is 72.4 Å². The number of amides is 2. The quantitative estimate of drug-likeness (QED) is 0.125. The third kappa shape index (κ3) is 10.2. The van der Waals surface area contributed by atoms with Crippen LogP contribution in [0.1, 0.15) is 25.3 Å². The highest BCUT2D eigenvalue weighted by Crippen LogP contribution is 2.33. The maximum Gasteiger partial charge on any atom is 0.490 e. The number of thioether (sulfide) groups is 1. The first kappa shape index (κ1) is 35.3. The molecule has 1 aliphatic rings. The Kier molecular flexibility index (Phi) is 12.3. The van der Waals surface area contributed by atoms with E-state index in [0.29, 0.717) is 23.9 Å². The number of carbonyl (C=O) groups excluding carboxylic acids is 2. The van der Waals surface area contributed by atoms with Crippen LogP contribution in [0.3, 0.4) is 0 Å². The predicted octanol–water partition coefficient (Wildman–Crippen LogP) is 5.18. The maximum atomic E-state index is 12.5. The van der Waals surface area contributed by atoms with Crippen LogP contribution in [0.2, 0.25) is 0 Å². The average Bonchev–Trinajstić information content (AvgIpc) is 3.06. The number of hydrogen-bond acceptors (Lipinski definition) is 8. The van der Waals surface area contributed by atoms with Gasteiger partial charge in [0.15, 0.2) is 10.8 Å². The Balaban J connectivity index is 0.000000644. The number of carboxylic acid groups (broad SMARTS) is 1. The van der Waals surface area contributed by atoms with Gasteiger partial charge in [-0.25, -0.2) is 19.7 Å². The molecule has 14 heteroatoms. The van der Waals surface area contributed by atoms with Gasteiger partial charge in [-0.2, -0.15) is 13.2 Å². The number of carbonyl (C=O) groups is 3. The molecule has 4 aromatic rings. The molecule has 0 saturated carbocycles. The molecule has 0 atom stereocenters. The van der Waals surface area contributed by atoms with Crippen LogP contribution in [0, 0.1) is 5.92 Å². The number of nitrogens with zero attached hydrogens (tertiary/aromatic N) is 4. The van der Waals surface area contributed by atoms with Gasteiger partial charge in [0.2, 0.25) is 11.8 Å². The summed E-state index contributed by atoms with van der Waals surface area (Å²) in [6.07, 6.45) is 0.406. The number of fused-ring (bicyclic) bond motifs is 1. The van der Waals surface area contributed by atoms with Gasteiger partial charge < -0.3 is 15.7 Å². The normalized spacial score (nSPS) is 13.8. The number of aromatic nitrogens is 3. The van der Waals surface area contributed by atoms with E-state index in [9.17, 15) is 22.8 Å². The number of rotatable bonds is 9. The molecule has 0 spiro atoms. The molecule has 248 valence electrons. The Morgan fingerprint density at radius 3 is 2.19 bits per heavy atom. The second-order valence-corrected chi connectivity index (χ2v) is 11.6. The summed E-state index contributed by atoms with van der Waals surface area (Å²) in [5.41, 5.74) is 6.03. The zero-order valence-electron chi connectivity index (χ0n) is 25.9. The molecular weight excluding hydrogens is 633 g/mol. The minimum Gasteiger partial charge on any atom is -0.475 e. The zero-order valence-corrected chi connectivity index (χ0v) is 26.7. The van der Waals surface area contributed by atoms with E-state index in [-0.39, 0.29) is 17.7 Å². The van der Waals surface area contributed by atoms with E-state index >= 15 is 0 Å². The second-order valence-electron chi connectivity index (χ2n) is 10.8. The molecule has 47 heavy (non-hydrogen) atoms. The van der Waals surface area contributed by atoms with E-state index in [1.807, 2.05) is 30.7 Å². The molecule has 0 radical (unpaired) electrons. The molecule has 2 aromatic carbocycles. The minimum absolute atomic E-state index is 0.0294. The molecule has 1 saturated heterocycles. The number of likely N-dealkylation sites (tertiary alicyclic amines) is 1. The highest BCUT2D eigenvalue weighted by Gasteiger charge is 2.38. The molecule has 0 unspecified atom stereocenters. The van der Waals surface area contributed by atoms with Crippen LogP contribution in [0.15, 0.2) is 72.0 Å². The van der Waals surface area contributed by atoms with Crippen LogP contribution >= 0.6 is 11.8 Å². The Morgan fingerprint density at radius 2 is 1.60 bits per heavy atom. The first-order chi connectivity index (χ1) is 22.4.